The molecule has 0 spiro atoms. The number of aryl methyl sites for hydroxylation is 1. The normalized spacial score (nSPS) is 11.4. The van der Waals surface area contributed by atoms with Crippen molar-refractivity contribution in [2.75, 3.05) is 4.72 Å². The molecule has 5 nitrogen and oxygen atoms in total. The van der Waals surface area contributed by atoms with E-state index in [0.29, 0.717) is 16.0 Å². The molecule has 106 valence electrons. The van der Waals surface area contributed by atoms with Crippen molar-refractivity contribution in [1.29, 1.82) is 0 Å². The first kappa shape index (κ1) is 15.5. The Morgan fingerprint density at radius 2 is 2.00 bits per heavy atom. The highest BCUT2D eigenvalue weighted by molar-refractivity contribution is 9.10. The number of halogens is 3. The van der Waals surface area contributed by atoms with Gasteiger partial charge in [-0.25, -0.2) is 18.4 Å². The van der Waals surface area contributed by atoms with Crippen molar-refractivity contribution in [3.63, 3.8) is 0 Å². The summed E-state index contributed by atoms with van der Waals surface area (Å²) in [4.78, 5) is 7.75. The molecule has 0 atom stereocenters. The quantitative estimate of drug-likeness (QED) is 0.803. The molecular formula is C11H8BrCl2N3O2S. The first-order valence-corrected chi connectivity index (χ1v) is 8.30. The van der Waals surface area contributed by atoms with Gasteiger partial charge in [0, 0.05) is 6.20 Å². The molecule has 0 unspecified atom stereocenters. The summed E-state index contributed by atoms with van der Waals surface area (Å²) >= 11 is 14.6. The lowest BCUT2D eigenvalue weighted by atomic mass is 10.3. The highest BCUT2D eigenvalue weighted by Crippen LogP contribution is 2.24. The van der Waals surface area contributed by atoms with Crippen LogP contribution in [0.5, 0.6) is 0 Å². The Hall–Kier alpha value is -0.890. The lowest BCUT2D eigenvalue weighted by Crippen LogP contribution is -2.14. The van der Waals surface area contributed by atoms with Crippen LogP contribution in [0, 0.1) is 6.92 Å². The van der Waals surface area contributed by atoms with Crippen LogP contribution in [0.1, 0.15) is 5.69 Å². The largest absolute Gasteiger partial charge is 0.278 e. The molecule has 2 aromatic heterocycles. The van der Waals surface area contributed by atoms with E-state index in [1.54, 1.807) is 19.1 Å². The summed E-state index contributed by atoms with van der Waals surface area (Å²) in [5.74, 6) is 0. The fraction of sp³-hybridized carbons (Fsp3) is 0.0909. The second kappa shape index (κ2) is 5.85. The van der Waals surface area contributed by atoms with Crippen LogP contribution in [0.25, 0.3) is 0 Å². The van der Waals surface area contributed by atoms with E-state index in [0.717, 1.165) is 6.20 Å². The topological polar surface area (TPSA) is 72.0 Å². The lowest BCUT2D eigenvalue weighted by Gasteiger charge is -2.10. The molecule has 0 aliphatic carbocycles. The number of nitrogens with zero attached hydrogens (tertiary/aromatic N) is 2. The van der Waals surface area contributed by atoms with Gasteiger partial charge in [0.2, 0.25) is 0 Å². The molecule has 2 aromatic rings. The van der Waals surface area contributed by atoms with E-state index in [4.69, 9.17) is 23.2 Å². The van der Waals surface area contributed by atoms with E-state index in [1.807, 2.05) is 0 Å². The van der Waals surface area contributed by atoms with Gasteiger partial charge < -0.3 is 0 Å². The average molecular weight is 397 g/mol. The minimum absolute atomic E-state index is 0.0482. The molecule has 0 aromatic carbocycles. The third kappa shape index (κ3) is 3.41. The number of hydrogen-bond donors (Lipinski definition) is 1. The molecule has 0 amide bonds. The molecule has 0 radical (unpaired) electrons. The van der Waals surface area contributed by atoms with Crippen LogP contribution < -0.4 is 4.72 Å². The molecule has 0 saturated heterocycles. The average Bonchev–Trinajstić information content (AvgIpc) is 2.36. The van der Waals surface area contributed by atoms with E-state index < -0.39 is 10.0 Å². The number of anilines is 1. The monoisotopic (exact) mass is 395 g/mol. The minimum Gasteiger partial charge on any atom is -0.278 e. The smallest absolute Gasteiger partial charge is 0.263 e. The molecule has 0 aliphatic heterocycles. The SMILES string of the molecule is Cc1nc(Br)ccc1NS(=O)(=O)c1cnc(Cl)c(Cl)c1. The molecule has 0 fully saturated rings. The maximum atomic E-state index is 12.2. The molecule has 2 rings (SSSR count). The van der Waals surface area contributed by atoms with Gasteiger partial charge in [0.1, 0.15) is 14.7 Å². The van der Waals surface area contributed by atoms with Crippen LogP contribution in [0.3, 0.4) is 0 Å². The number of aromatic nitrogens is 2. The van der Waals surface area contributed by atoms with Crippen molar-refractivity contribution in [2.45, 2.75) is 11.8 Å². The van der Waals surface area contributed by atoms with E-state index >= 15 is 0 Å². The van der Waals surface area contributed by atoms with Gasteiger partial charge in [-0.1, -0.05) is 23.2 Å². The summed E-state index contributed by atoms with van der Waals surface area (Å²) in [6.07, 6.45) is 1.14. The fourth-order valence-electron chi connectivity index (χ4n) is 1.39. The van der Waals surface area contributed by atoms with Crippen molar-refractivity contribution in [3.8, 4) is 0 Å². The summed E-state index contributed by atoms with van der Waals surface area (Å²) in [6.45, 7) is 1.69. The Labute approximate surface area is 134 Å². The summed E-state index contributed by atoms with van der Waals surface area (Å²) in [5.41, 5.74) is 0.912. The summed E-state index contributed by atoms with van der Waals surface area (Å²) in [5, 5.41) is 0.118. The zero-order valence-electron chi connectivity index (χ0n) is 10.1. The van der Waals surface area contributed by atoms with Crippen molar-refractivity contribution < 1.29 is 8.42 Å². The van der Waals surface area contributed by atoms with Crippen LogP contribution >= 0.6 is 39.1 Å². The van der Waals surface area contributed by atoms with Crippen molar-refractivity contribution in [3.05, 3.63) is 44.9 Å². The number of rotatable bonds is 3. The molecule has 20 heavy (non-hydrogen) atoms. The van der Waals surface area contributed by atoms with Gasteiger partial charge in [0.15, 0.2) is 0 Å². The fourth-order valence-corrected chi connectivity index (χ4v) is 3.21. The highest BCUT2D eigenvalue weighted by Gasteiger charge is 2.17. The zero-order valence-corrected chi connectivity index (χ0v) is 14.0. The second-order valence-corrected chi connectivity index (χ2v) is 7.08. The van der Waals surface area contributed by atoms with Crippen LogP contribution in [0.4, 0.5) is 5.69 Å². The summed E-state index contributed by atoms with van der Waals surface area (Å²) in [6, 6.07) is 4.48. The van der Waals surface area contributed by atoms with Crippen molar-refractivity contribution >= 4 is 54.8 Å². The predicted molar refractivity (Wildman–Crippen MR) is 81.7 cm³/mol. The Morgan fingerprint density at radius 1 is 1.30 bits per heavy atom. The third-order valence-electron chi connectivity index (χ3n) is 2.38. The zero-order chi connectivity index (χ0) is 14.9. The Kier molecular flexibility index (Phi) is 4.53. The Bertz CT molecular complexity index is 768. The maximum Gasteiger partial charge on any atom is 0.263 e. The molecule has 2 heterocycles. The Morgan fingerprint density at radius 3 is 2.60 bits per heavy atom. The standard InChI is InChI=1S/C11H8BrCl2N3O2S/c1-6-9(2-3-10(12)16-6)17-20(18,19)7-4-8(13)11(14)15-5-7/h2-5,17H,1H3. The lowest BCUT2D eigenvalue weighted by molar-refractivity contribution is 0.600. The summed E-state index contributed by atoms with van der Waals surface area (Å²) < 4.78 is 27.5. The van der Waals surface area contributed by atoms with Crippen LogP contribution in [-0.4, -0.2) is 18.4 Å². The first-order valence-electron chi connectivity index (χ1n) is 5.26. The number of nitrogens with one attached hydrogen (secondary N) is 1. The minimum atomic E-state index is -3.80. The molecule has 0 aliphatic rings. The van der Waals surface area contributed by atoms with Crippen molar-refractivity contribution in [1.82, 2.24) is 9.97 Å². The van der Waals surface area contributed by atoms with E-state index in [2.05, 4.69) is 30.6 Å². The van der Waals surface area contributed by atoms with Crippen molar-refractivity contribution in [2.24, 2.45) is 0 Å². The van der Waals surface area contributed by atoms with Gasteiger partial charge in [-0.3, -0.25) is 4.72 Å². The number of hydrogen-bond acceptors (Lipinski definition) is 4. The van der Waals surface area contributed by atoms with Gasteiger partial charge in [-0.2, -0.15) is 0 Å². The van der Waals surface area contributed by atoms with Crippen LogP contribution in [0.2, 0.25) is 10.2 Å². The molecule has 9 heteroatoms. The van der Waals surface area contributed by atoms with Gasteiger partial charge in [-0.15, -0.1) is 0 Å². The van der Waals surface area contributed by atoms with Gasteiger partial charge >= 0.3 is 0 Å². The van der Waals surface area contributed by atoms with E-state index in [9.17, 15) is 8.42 Å². The van der Waals surface area contributed by atoms with Crippen LogP contribution in [0.15, 0.2) is 33.9 Å². The van der Waals surface area contributed by atoms with E-state index in [-0.39, 0.29) is 15.1 Å². The summed E-state index contributed by atoms with van der Waals surface area (Å²) in [7, 11) is -3.80. The molecule has 0 bridgehead atoms. The first-order chi connectivity index (χ1) is 9.29. The van der Waals surface area contributed by atoms with Gasteiger partial charge in [0.25, 0.3) is 10.0 Å². The predicted octanol–water partition coefficient (Wildman–Crippen LogP) is 3.66. The molecule has 0 saturated carbocycles. The molecule has 1 N–H and O–H groups in total. The maximum absolute atomic E-state index is 12.2. The van der Waals surface area contributed by atoms with Crippen LogP contribution in [-0.2, 0) is 10.0 Å². The highest BCUT2D eigenvalue weighted by atomic mass is 79.9. The van der Waals surface area contributed by atoms with Gasteiger partial charge in [-0.05, 0) is 41.1 Å². The second-order valence-electron chi connectivity index (χ2n) is 3.82. The number of pyridine rings is 2. The van der Waals surface area contributed by atoms with Gasteiger partial charge in [0.05, 0.1) is 16.4 Å². The molecular weight excluding hydrogens is 389 g/mol. The van der Waals surface area contributed by atoms with E-state index in [1.165, 1.54) is 6.07 Å². The number of sulfonamides is 1. The Balaban J connectivity index is 2.38. The third-order valence-corrected chi connectivity index (χ3v) is 4.84.